The van der Waals surface area contributed by atoms with Gasteiger partial charge in [0, 0.05) is 24.5 Å². The van der Waals surface area contributed by atoms with E-state index in [2.05, 4.69) is 26.4 Å². The fourth-order valence-electron chi connectivity index (χ4n) is 2.49. The van der Waals surface area contributed by atoms with E-state index in [0.717, 1.165) is 24.5 Å². The van der Waals surface area contributed by atoms with Crippen LogP contribution in [0.2, 0.25) is 0 Å². The molecule has 0 radical (unpaired) electrons. The Morgan fingerprint density at radius 2 is 2.14 bits per heavy atom. The molecule has 0 bridgehead atoms. The number of carbonyl (C=O) groups excluding carboxylic acids is 1. The second-order valence-corrected chi connectivity index (χ2v) is 5.09. The van der Waals surface area contributed by atoms with Crippen LogP contribution >= 0.6 is 0 Å². The molecule has 2 heterocycles. The van der Waals surface area contributed by atoms with Crippen LogP contribution in [0.3, 0.4) is 0 Å². The van der Waals surface area contributed by atoms with Crippen molar-refractivity contribution < 1.29 is 4.79 Å². The monoisotopic (exact) mass is 286 g/mol. The van der Waals surface area contributed by atoms with Gasteiger partial charge in [-0.2, -0.15) is 0 Å². The van der Waals surface area contributed by atoms with E-state index < -0.39 is 0 Å². The first-order chi connectivity index (χ1) is 10.2. The first-order valence-electron chi connectivity index (χ1n) is 7.00. The van der Waals surface area contributed by atoms with Crippen molar-refractivity contribution in [1.82, 2.24) is 14.8 Å². The van der Waals surface area contributed by atoms with E-state index in [1.807, 2.05) is 18.2 Å². The van der Waals surface area contributed by atoms with Crippen molar-refractivity contribution in [3.05, 3.63) is 30.6 Å². The van der Waals surface area contributed by atoms with Crippen LogP contribution in [0.15, 0.2) is 30.6 Å². The Kier molecular flexibility index (Phi) is 3.72. The molecule has 1 saturated heterocycles. The molecule has 1 aromatic carbocycles. The lowest BCUT2D eigenvalue weighted by atomic mass is 10.2. The van der Waals surface area contributed by atoms with Gasteiger partial charge in [0.15, 0.2) is 0 Å². The molecule has 1 aromatic heterocycles. The molecular formula is C14H18N6O. The van der Waals surface area contributed by atoms with Gasteiger partial charge in [-0.25, -0.2) is 9.67 Å². The van der Waals surface area contributed by atoms with Crippen LogP contribution in [0.25, 0.3) is 0 Å². The lowest BCUT2D eigenvalue weighted by Gasteiger charge is -2.18. The van der Waals surface area contributed by atoms with E-state index in [1.165, 1.54) is 23.9 Å². The summed E-state index contributed by atoms with van der Waals surface area (Å²) in [6.07, 6.45) is 3.89. The Morgan fingerprint density at radius 3 is 2.86 bits per heavy atom. The molecule has 7 heteroatoms. The van der Waals surface area contributed by atoms with Crippen LogP contribution in [0.4, 0.5) is 17.3 Å². The molecule has 0 aliphatic carbocycles. The standard InChI is InChI=1S/C14H18N6O/c15-14-16-10-20(18-14)9-13(21)17-11-4-3-5-12(8-11)19-6-1-2-7-19/h3-5,8,10H,1-2,6-7,9H2,(H2,15,18)(H,17,21). The van der Waals surface area contributed by atoms with E-state index in [4.69, 9.17) is 5.73 Å². The minimum atomic E-state index is -0.154. The number of hydrogen-bond acceptors (Lipinski definition) is 5. The molecule has 2 aromatic rings. The highest BCUT2D eigenvalue weighted by Gasteiger charge is 2.13. The first kappa shape index (κ1) is 13.4. The number of nitrogens with one attached hydrogen (secondary N) is 1. The number of nitrogen functional groups attached to an aromatic ring is 1. The summed E-state index contributed by atoms with van der Waals surface area (Å²) in [5, 5.41) is 6.76. The number of nitrogens with zero attached hydrogens (tertiary/aromatic N) is 4. The Balaban J connectivity index is 1.64. The topological polar surface area (TPSA) is 89.1 Å². The van der Waals surface area contributed by atoms with Crippen LogP contribution in [-0.4, -0.2) is 33.8 Å². The third-order valence-corrected chi connectivity index (χ3v) is 3.46. The lowest BCUT2D eigenvalue weighted by molar-refractivity contribution is -0.116. The SMILES string of the molecule is Nc1ncn(CC(=O)Nc2cccc(N3CCCC3)c2)n1. The van der Waals surface area contributed by atoms with E-state index >= 15 is 0 Å². The van der Waals surface area contributed by atoms with Gasteiger partial charge in [0.1, 0.15) is 12.9 Å². The third-order valence-electron chi connectivity index (χ3n) is 3.46. The van der Waals surface area contributed by atoms with Crippen molar-refractivity contribution in [3.8, 4) is 0 Å². The number of nitrogens with two attached hydrogens (primary N) is 1. The van der Waals surface area contributed by atoms with E-state index in [1.54, 1.807) is 0 Å². The first-order valence-corrected chi connectivity index (χ1v) is 7.00. The predicted molar refractivity (Wildman–Crippen MR) is 81.0 cm³/mol. The van der Waals surface area contributed by atoms with Gasteiger partial charge >= 0.3 is 0 Å². The van der Waals surface area contributed by atoms with Gasteiger partial charge in [-0.15, -0.1) is 5.10 Å². The second kappa shape index (κ2) is 5.82. The summed E-state index contributed by atoms with van der Waals surface area (Å²) in [5.41, 5.74) is 7.35. The number of amides is 1. The summed E-state index contributed by atoms with van der Waals surface area (Å²) in [6.45, 7) is 2.25. The zero-order valence-electron chi connectivity index (χ0n) is 11.7. The fraction of sp³-hybridized carbons (Fsp3) is 0.357. The minimum absolute atomic E-state index is 0.0954. The Bertz CT molecular complexity index is 632. The molecule has 21 heavy (non-hydrogen) atoms. The molecule has 1 amide bonds. The third kappa shape index (κ3) is 3.31. The smallest absolute Gasteiger partial charge is 0.246 e. The zero-order valence-corrected chi connectivity index (χ0v) is 11.7. The van der Waals surface area contributed by atoms with E-state index in [-0.39, 0.29) is 18.4 Å². The summed E-state index contributed by atoms with van der Waals surface area (Å²) in [5.74, 6) is 0.0114. The maximum absolute atomic E-state index is 12.0. The molecule has 7 nitrogen and oxygen atoms in total. The summed E-state index contributed by atoms with van der Waals surface area (Å²) >= 11 is 0. The minimum Gasteiger partial charge on any atom is -0.371 e. The number of hydrogen-bond donors (Lipinski definition) is 2. The summed E-state index contributed by atoms with van der Waals surface area (Å²) < 4.78 is 1.41. The Morgan fingerprint density at radius 1 is 1.33 bits per heavy atom. The van der Waals surface area contributed by atoms with Crippen LogP contribution in [0.1, 0.15) is 12.8 Å². The zero-order chi connectivity index (χ0) is 14.7. The van der Waals surface area contributed by atoms with Gasteiger partial charge in [0.2, 0.25) is 11.9 Å². The highest BCUT2D eigenvalue weighted by Crippen LogP contribution is 2.23. The maximum atomic E-state index is 12.0. The summed E-state index contributed by atoms with van der Waals surface area (Å²) in [6, 6.07) is 7.90. The molecule has 0 atom stereocenters. The molecule has 0 saturated carbocycles. The highest BCUT2D eigenvalue weighted by atomic mass is 16.2. The van der Waals surface area contributed by atoms with E-state index in [0.29, 0.717) is 0 Å². The summed E-state index contributed by atoms with van der Waals surface area (Å²) in [7, 11) is 0. The normalized spacial score (nSPS) is 14.4. The van der Waals surface area contributed by atoms with Gasteiger partial charge < -0.3 is 16.0 Å². The summed E-state index contributed by atoms with van der Waals surface area (Å²) in [4.78, 5) is 18.1. The number of aromatic nitrogens is 3. The van der Waals surface area contributed by atoms with Crippen molar-refractivity contribution in [2.45, 2.75) is 19.4 Å². The lowest BCUT2D eigenvalue weighted by Crippen LogP contribution is -2.20. The van der Waals surface area contributed by atoms with Crippen molar-refractivity contribution in [2.75, 3.05) is 29.0 Å². The van der Waals surface area contributed by atoms with Gasteiger partial charge in [-0.1, -0.05) is 6.07 Å². The maximum Gasteiger partial charge on any atom is 0.246 e. The molecule has 3 N–H and O–H groups in total. The molecular weight excluding hydrogens is 268 g/mol. The number of anilines is 3. The molecule has 3 rings (SSSR count). The van der Waals surface area contributed by atoms with Gasteiger partial charge in [-0.3, -0.25) is 4.79 Å². The average molecular weight is 286 g/mol. The number of rotatable bonds is 4. The Hall–Kier alpha value is -2.57. The van der Waals surface area contributed by atoms with Gasteiger partial charge in [0.25, 0.3) is 0 Å². The second-order valence-electron chi connectivity index (χ2n) is 5.09. The van der Waals surface area contributed by atoms with E-state index in [9.17, 15) is 4.79 Å². The quantitative estimate of drug-likeness (QED) is 0.878. The van der Waals surface area contributed by atoms with Gasteiger partial charge in [-0.05, 0) is 31.0 Å². The van der Waals surface area contributed by atoms with Gasteiger partial charge in [0.05, 0.1) is 0 Å². The molecule has 1 aliphatic heterocycles. The van der Waals surface area contributed by atoms with Crippen molar-refractivity contribution >= 4 is 23.2 Å². The number of carbonyl (C=O) groups is 1. The van der Waals surface area contributed by atoms with Crippen LogP contribution < -0.4 is 16.0 Å². The largest absolute Gasteiger partial charge is 0.371 e. The highest BCUT2D eigenvalue weighted by molar-refractivity contribution is 5.91. The average Bonchev–Trinajstić information content (AvgIpc) is 3.11. The number of benzene rings is 1. The molecule has 0 spiro atoms. The molecule has 1 fully saturated rings. The predicted octanol–water partition coefficient (Wildman–Crippen LogP) is 1.10. The van der Waals surface area contributed by atoms with Crippen molar-refractivity contribution in [1.29, 1.82) is 0 Å². The van der Waals surface area contributed by atoms with Crippen molar-refractivity contribution in [2.24, 2.45) is 0 Å². The fourth-order valence-corrected chi connectivity index (χ4v) is 2.49. The van der Waals surface area contributed by atoms with Crippen molar-refractivity contribution in [3.63, 3.8) is 0 Å². The molecule has 0 unspecified atom stereocenters. The molecule has 1 aliphatic rings. The molecule has 110 valence electrons. The van der Waals surface area contributed by atoms with Crippen LogP contribution in [0.5, 0.6) is 0 Å². The Labute approximate surface area is 122 Å². The van der Waals surface area contributed by atoms with Crippen LogP contribution in [0, 0.1) is 0 Å². The van der Waals surface area contributed by atoms with Crippen LogP contribution in [-0.2, 0) is 11.3 Å².